The van der Waals surface area contributed by atoms with Gasteiger partial charge in [0.25, 0.3) is 0 Å². The number of nitrogens with one attached hydrogen (secondary N) is 2. The smallest absolute Gasteiger partial charge is 0.221 e. The second-order valence-corrected chi connectivity index (χ2v) is 2.66. The molecule has 62 valence electrons. The molecule has 1 saturated carbocycles. The van der Waals surface area contributed by atoms with E-state index in [0.29, 0.717) is 25.4 Å². The van der Waals surface area contributed by atoms with E-state index in [9.17, 15) is 9.59 Å². The van der Waals surface area contributed by atoms with Gasteiger partial charge in [0.2, 0.25) is 12.3 Å². The van der Waals surface area contributed by atoms with Gasteiger partial charge in [-0.3, -0.25) is 9.59 Å². The van der Waals surface area contributed by atoms with E-state index in [1.807, 2.05) is 0 Å². The standard InChI is InChI=1S/C7H12N2O2/c10-5-8-4-3-7(11)9-6-1-2-6/h5-6H,1-4H2,(H,8,10)(H,9,11). The zero-order valence-electron chi connectivity index (χ0n) is 6.30. The van der Waals surface area contributed by atoms with E-state index in [0.717, 1.165) is 12.8 Å². The molecular formula is C7H12N2O2. The number of hydrogen-bond donors (Lipinski definition) is 2. The number of rotatable bonds is 5. The van der Waals surface area contributed by atoms with Gasteiger partial charge in [0.05, 0.1) is 0 Å². The number of amides is 2. The van der Waals surface area contributed by atoms with Crippen molar-refractivity contribution in [1.29, 1.82) is 0 Å². The molecule has 2 amide bonds. The topological polar surface area (TPSA) is 58.2 Å². The third-order valence-electron chi connectivity index (χ3n) is 1.52. The molecule has 2 N–H and O–H groups in total. The van der Waals surface area contributed by atoms with Gasteiger partial charge in [0.15, 0.2) is 0 Å². The Morgan fingerprint density at radius 2 is 2.27 bits per heavy atom. The Kier molecular flexibility index (Phi) is 2.89. The molecule has 4 heteroatoms. The van der Waals surface area contributed by atoms with Crippen molar-refractivity contribution in [2.45, 2.75) is 25.3 Å². The maximum absolute atomic E-state index is 10.9. The van der Waals surface area contributed by atoms with Crippen molar-refractivity contribution >= 4 is 12.3 Å². The van der Waals surface area contributed by atoms with Crippen molar-refractivity contribution < 1.29 is 9.59 Å². The highest BCUT2D eigenvalue weighted by Crippen LogP contribution is 2.18. The van der Waals surface area contributed by atoms with Gasteiger partial charge < -0.3 is 10.6 Å². The molecule has 0 saturated heterocycles. The van der Waals surface area contributed by atoms with Gasteiger partial charge >= 0.3 is 0 Å². The van der Waals surface area contributed by atoms with Crippen LogP contribution in [0.5, 0.6) is 0 Å². The molecular weight excluding hydrogens is 144 g/mol. The molecule has 0 spiro atoms. The highest BCUT2D eigenvalue weighted by molar-refractivity contribution is 5.76. The van der Waals surface area contributed by atoms with E-state index in [1.54, 1.807) is 0 Å². The summed E-state index contributed by atoms with van der Waals surface area (Å²) in [6.07, 6.45) is 3.19. The fraction of sp³-hybridized carbons (Fsp3) is 0.714. The van der Waals surface area contributed by atoms with Crippen LogP contribution in [0, 0.1) is 0 Å². The minimum Gasteiger partial charge on any atom is -0.358 e. The van der Waals surface area contributed by atoms with E-state index < -0.39 is 0 Å². The largest absolute Gasteiger partial charge is 0.358 e. The van der Waals surface area contributed by atoms with Crippen LogP contribution in [0.2, 0.25) is 0 Å². The van der Waals surface area contributed by atoms with Crippen molar-refractivity contribution in [3.05, 3.63) is 0 Å². The van der Waals surface area contributed by atoms with E-state index in [2.05, 4.69) is 10.6 Å². The first-order valence-corrected chi connectivity index (χ1v) is 3.79. The van der Waals surface area contributed by atoms with Crippen molar-refractivity contribution in [3.8, 4) is 0 Å². The summed E-state index contributed by atoms with van der Waals surface area (Å²) in [4.78, 5) is 20.7. The summed E-state index contributed by atoms with van der Waals surface area (Å²) < 4.78 is 0. The van der Waals surface area contributed by atoms with Crippen LogP contribution < -0.4 is 10.6 Å². The predicted octanol–water partition coefficient (Wildman–Crippen LogP) is -0.599. The Morgan fingerprint density at radius 1 is 1.55 bits per heavy atom. The molecule has 0 atom stereocenters. The van der Waals surface area contributed by atoms with Crippen molar-refractivity contribution in [2.75, 3.05) is 6.54 Å². The maximum Gasteiger partial charge on any atom is 0.221 e. The lowest BCUT2D eigenvalue weighted by molar-refractivity contribution is -0.121. The van der Waals surface area contributed by atoms with Crippen molar-refractivity contribution in [2.24, 2.45) is 0 Å². The molecule has 1 aliphatic rings. The van der Waals surface area contributed by atoms with E-state index >= 15 is 0 Å². The van der Waals surface area contributed by atoms with Gasteiger partial charge in [0.1, 0.15) is 0 Å². The van der Waals surface area contributed by atoms with E-state index in [1.165, 1.54) is 0 Å². The van der Waals surface area contributed by atoms with Gasteiger partial charge in [-0.15, -0.1) is 0 Å². The van der Waals surface area contributed by atoms with Gasteiger partial charge in [-0.1, -0.05) is 0 Å². The van der Waals surface area contributed by atoms with Crippen LogP contribution in [-0.2, 0) is 9.59 Å². The Hall–Kier alpha value is -1.06. The Labute approximate surface area is 65.3 Å². The summed E-state index contributed by atoms with van der Waals surface area (Å²) >= 11 is 0. The minimum absolute atomic E-state index is 0.0295. The molecule has 0 aromatic heterocycles. The second kappa shape index (κ2) is 3.95. The SMILES string of the molecule is O=CNCCC(=O)NC1CC1. The average Bonchev–Trinajstić information content (AvgIpc) is 2.72. The van der Waals surface area contributed by atoms with Gasteiger partial charge in [0, 0.05) is 19.0 Å². The van der Waals surface area contributed by atoms with E-state index in [-0.39, 0.29) is 5.91 Å². The average molecular weight is 156 g/mol. The van der Waals surface area contributed by atoms with E-state index in [4.69, 9.17) is 0 Å². The lowest BCUT2D eigenvalue weighted by Crippen LogP contribution is -2.28. The fourth-order valence-corrected chi connectivity index (χ4v) is 0.772. The molecule has 1 aliphatic carbocycles. The number of carbonyl (C=O) groups is 2. The summed E-state index contributed by atoms with van der Waals surface area (Å²) in [6.45, 7) is 0.433. The van der Waals surface area contributed by atoms with Crippen LogP contribution in [0.1, 0.15) is 19.3 Å². The molecule has 0 radical (unpaired) electrons. The number of hydrogen-bond acceptors (Lipinski definition) is 2. The minimum atomic E-state index is 0.0295. The van der Waals surface area contributed by atoms with Crippen LogP contribution in [0.25, 0.3) is 0 Å². The lowest BCUT2D eigenvalue weighted by Gasteiger charge is -2.00. The molecule has 0 aliphatic heterocycles. The van der Waals surface area contributed by atoms with Gasteiger partial charge in [-0.25, -0.2) is 0 Å². The third-order valence-corrected chi connectivity index (χ3v) is 1.52. The Balaban J connectivity index is 1.95. The summed E-state index contributed by atoms with van der Waals surface area (Å²) in [5, 5.41) is 5.25. The Morgan fingerprint density at radius 3 is 2.82 bits per heavy atom. The van der Waals surface area contributed by atoms with Gasteiger partial charge in [-0.2, -0.15) is 0 Å². The molecule has 0 aromatic carbocycles. The quantitative estimate of drug-likeness (QED) is 0.412. The first-order chi connectivity index (χ1) is 5.33. The normalized spacial score (nSPS) is 15.6. The zero-order chi connectivity index (χ0) is 8.10. The molecule has 0 bridgehead atoms. The highest BCUT2D eigenvalue weighted by Gasteiger charge is 2.22. The summed E-state index contributed by atoms with van der Waals surface area (Å²) in [6, 6.07) is 0.415. The van der Waals surface area contributed by atoms with Gasteiger partial charge in [-0.05, 0) is 12.8 Å². The van der Waals surface area contributed by atoms with Crippen LogP contribution in [0.3, 0.4) is 0 Å². The monoisotopic (exact) mass is 156 g/mol. The number of carbonyl (C=O) groups excluding carboxylic acids is 2. The molecule has 1 fully saturated rings. The molecule has 0 aromatic rings. The Bertz CT molecular complexity index is 155. The molecule has 11 heavy (non-hydrogen) atoms. The summed E-state index contributed by atoms with van der Waals surface area (Å²) in [5.41, 5.74) is 0. The molecule has 1 rings (SSSR count). The van der Waals surface area contributed by atoms with Crippen LogP contribution in [0.15, 0.2) is 0 Å². The first kappa shape index (κ1) is 8.04. The summed E-state index contributed by atoms with van der Waals surface area (Å²) in [5.74, 6) is 0.0295. The van der Waals surface area contributed by atoms with Crippen LogP contribution in [0.4, 0.5) is 0 Å². The predicted molar refractivity (Wildman–Crippen MR) is 39.8 cm³/mol. The fourth-order valence-electron chi connectivity index (χ4n) is 0.772. The van der Waals surface area contributed by atoms with Crippen molar-refractivity contribution in [1.82, 2.24) is 10.6 Å². The summed E-state index contributed by atoms with van der Waals surface area (Å²) in [7, 11) is 0. The third kappa shape index (κ3) is 3.60. The maximum atomic E-state index is 10.9. The molecule has 0 heterocycles. The van der Waals surface area contributed by atoms with Crippen LogP contribution >= 0.6 is 0 Å². The molecule has 0 unspecified atom stereocenters. The lowest BCUT2D eigenvalue weighted by atomic mass is 10.4. The van der Waals surface area contributed by atoms with Crippen molar-refractivity contribution in [3.63, 3.8) is 0 Å². The molecule has 4 nitrogen and oxygen atoms in total. The first-order valence-electron chi connectivity index (χ1n) is 3.79. The highest BCUT2D eigenvalue weighted by atomic mass is 16.2. The zero-order valence-corrected chi connectivity index (χ0v) is 6.30. The van der Waals surface area contributed by atoms with Crippen LogP contribution in [-0.4, -0.2) is 24.9 Å². The second-order valence-electron chi connectivity index (χ2n) is 2.66.